The molecule has 0 atom stereocenters. The number of halogens is 3. The van der Waals surface area contributed by atoms with E-state index in [1.54, 1.807) is 24.3 Å². The van der Waals surface area contributed by atoms with Crippen molar-refractivity contribution in [3.8, 4) is 17.0 Å². The molecular weight excluding hydrogens is 370 g/mol. The molecule has 4 rings (SSSR count). The number of aromatic hydroxyl groups is 1. The first-order chi connectivity index (χ1) is 12.0. The molecule has 2 N–H and O–H groups in total. The van der Waals surface area contributed by atoms with Gasteiger partial charge in [-0.2, -0.15) is 0 Å². The summed E-state index contributed by atoms with van der Waals surface area (Å²) in [4.78, 5) is 18.9. The van der Waals surface area contributed by atoms with Gasteiger partial charge >= 0.3 is 0 Å². The Morgan fingerprint density at radius 1 is 1.24 bits per heavy atom. The van der Waals surface area contributed by atoms with E-state index in [1.807, 2.05) is 0 Å². The van der Waals surface area contributed by atoms with Crippen LogP contribution in [0.5, 0.6) is 5.75 Å². The summed E-state index contributed by atoms with van der Waals surface area (Å²) in [5.41, 5.74) is 0.163. The number of hydrogen-bond donors (Lipinski definition) is 2. The van der Waals surface area contributed by atoms with Crippen LogP contribution in [-0.4, -0.2) is 15.1 Å². The Hall–Kier alpha value is -2.51. The fraction of sp³-hybridized carbons (Fsp3) is 0.0588. The number of rotatable bonds is 2. The number of pyridine rings is 2. The van der Waals surface area contributed by atoms with E-state index in [9.17, 15) is 18.7 Å². The van der Waals surface area contributed by atoms with Crippen LogP contribution in [0.3, 0.4) is 0 Å². The predicted octanol–water partition coefficient (Wildman–Crippen LogP) is 5.10. The van der Waals surface area contributed by atoms with Gasteiger partial charge in [0.15, 0.2) is 0 Å². The molecule has 1 aromatic carbocycles. The van der Waals surface area contributed by atoms with Gasteiger partial charge in [-0.3, -0.25) is 4.79 Å². The average Bonchev–Trinajstić information content (AvgIpc) is 2.93. The minimum absolute atomic E-state index is 0.138. The lowest BCUT2D eigenvalue weighted by atomic mass is 10.1. The van der Waals surface area contributed by atoms with Crippen LogP contribution in [0.4, 0.5) is 8.78 Å². The van der Waals surface area contributed by atoms with E-state index >= 15 is 0 Å². The van der Waals surface area contributed by atoms with Crippen molar-refractivity contribution >= 4 is 43.4 Å². The molecular formula is C17H9ClF2N2O2S. The third-order valence-corrected chi connectivity index (χ3v) is 5.26. The Labute approximate surface area is 148 Å². The summed E-state index contributed by atoms with van der Waals surface area (Å²) >= 11 is 7.19. The minimum Gasteiger partial charge on any atom is -0.506 e. The zero-order valence-corrected chi connectivity index (χ0v) is 14.0. The van der Waals surface area contributed by atoms with E-state index in [2.05, 4.69) is 9.97 Å². The van der Waals surface area contributed by atoms with Gasteiger partial charge in [-0.25, -0.2) is 13.8 Å². The van der Waals surface area contributed by atoms with Gasteiger partial charge in [-0.15, -0.1) is 11.3 Å². The number of aromatic nitrogens is 2. The second kappa shape index (κ2) is 5.79. The molecule has 4 aromatic rings. The lowest BCUT2D eigenvalue weighted by molar-refractivity contribution is 0.153. The Bertz CT molecular complexity index is 1190. The maximum absolute atomic E-state index is 13.7. The van der Waals surface area contributed by atoms with E-state index in [-0.39, 0.29) is 22.2 Å². The number of hydrogen-bond acceptors (Lipinski definition) is 4. The number of benzene rings is 1. The lowest BCUT2D eigenvalue weighted by Gasteiger charge is -2.08. The zero-order chi connectivity index (χ0) is 17.7. The molecule has 0 saturated heterocycles. The van der Waals surface area contributed by atoms with Gasteiger partial charge in [0.05, 0.1) is 15.9 Å². The zero-order valence-electron chi connectivity index (χ0n) is 12.4. The topological polar surface area (TPSA) is 66.0 Å². The van der Waals surface area contributed by atoms with Gasteiger partial charge in [0.2, 0.25) is 0 Å². The molecule has 0 fully saturated rings. The molecule has 0 aliphatic rings. The highest BCUT2D eigenvalue weighted by molar-refractivity contribution is 7.25. The Morgan fingerprint density at radius 3 is 2.72 bits per heavy atom. The van der Waals surface area contributed by atoms with Crippen LogP contribution >= 0.6 is 22.9 Å². The van der Waals surface area contributed by atoms with Crippen molar-refractivity contribution in [1.82, 2.24) is 9.97 Å². The molecule has 0 radical (unpaired) electrons. The van der Waals surface area contributed by atoms with Crippen molar-refractivity contribution < 1.29 is 13.9 Å². The van der Waals surface area contributed by atoms with Crippen molar-refractivity contribution in [3.63, 3.8) is 0 Å². The Balaban J connectivity index is 2.14. The number of fused-ring (bicyclic) bond motifs is 3. The Morgan fingerprint density at radius 2 is 2.00 bits per heavy atom. The fourth-order valence-electron chi connectivity index (χ4n) is 2.75. The highest BCUT2D eigenvalue weighted by atomic mass is 35.5. The SMILES string of the molecule is O=c1cc(O)c2sc3nc(-c4ccccc4Cl)cc(C(F)F)c3c2[nH]1. The minimum atomic E-state index is -2.78. The standard InChI is InChI=1S/C17H9ClF2N2O2S/c18-9-4-2-1-3-7(9)10-5-8(16(19)20)13-14-15(25-17(13)21-10)11(23)6-12(24)22-14/h1-6,16H,(H2,22,23,24). The van der Waals surface area contributed by atoms with Crippen LogP contribution in [0.25, 0.3) is 31.7 Å². The quantitative estimate of drug-likeness (QED) is 0.510. The monoisotopic (exact) mass is 378 g/mol. The number of aromatic amines is 1. The number of thiophene rings is 1. The number of nitrogens with one attached hydrogen (secondary N) is 1. The van der Waals surface area contributed by atoms with E-state index in [0.29, 0.717) is 25.8 Å². The molecule has 0 saturated carbocycles. The van der Waals surface area contributed by atoms with E-state index in [4.69, 9.17) is 11.6 Å². The molecule has 3 heterocycles. The van der Waals surface area contributed by atoms with Crippen LogP contribution in [0.2, 0.25) is 5.02 Å². The van der Waals surface area contributed by atoms with Gasteiger partial charge in [-0.05, 0) is 12.1 Å². The molecule has 4 nitrogen and oxygen atoms in total. The van der Waals surface area contributed by atoms with Gasteiger partial charge in [0.25, 0.3) is 12.0 Å². The Kier molecular flexibility index (Phi) is 3.70. The van der Waals surface area contributed by atoms with Gasteiger partial charge < -0.3 is 10.1 Å². The maximum Gasteiger partial charge on any atom is 0.264 e. The number of H-pyrrole nitrogens is 1. The molecule has 0 amide bonds. The first-order valence-electron chi connectivity index (χ1n) is 7.18. The fourth-order valence-corrected chi connectivity index (χ4v) is 4.07. The van der Waals surface area contributed by atoms with Crippen molar-refractivity contribution in [2.24, 2.45) is 0 Å². The summed E-state index contributed by atoms with van der Waals surface area (Å²) in [6.07, 6.45) is -2.78. The molecule has 3 aromatic heterocycles. The molecule has 25 heavy (non-hydrogen) atoms. The summed E-state index contributed by atoms with van der Waals surface area (Å²) in [6.45, 7) is 0. The molecule has 8 heteroatoms. The average molecular weight is 379 g/mol. The molecule has 0 unspecified atom stereocenters. The second-order valence-electron chi connectivity index (χ2n) is 5.38. The van der Waals surface area contributed by atoms with E-state index in [0.717, 1.165) is 17.4 Å². The smallest absolute Gasteiger partial charge is 0.264 e. The maximum atomic E-state index is 13.7. The first-order valence-corrected chi connectivity index (χ1v) is 8.37. The molecule has 0 aliphatic carbocycles. The van der Waals surface area contributed by atoms with Crippen LogP contribution in [0, 0.1) is 0 Å². The van der Waals surface area contributed by atoms with Crippen molar-refractivity contribution in [3.05, 3.63) is 57.3 Å². The van der Waals surface area contributed by atoms with Crippen molar-refractivity contribution in [1.29, 1.82) is 0 Å². The van der Waals surface area contributed by atoms with E-state index in [1.165, 1.54) is 6.07 Å². The van der Waals surface area contributed by atoms with Crippen LogP contribution in [-0.2, 0) is 0 Å². The molecule has 0 aliphatic heterocycles. The largest absolute Gasteiger partial charge is 0.506 e. The van der Waals surface area contributed by atoms with Crippen LogP contribution in [0.15, 0.2) is 41.2 Å². The van der Waals surface area contributed by atoms with E-state index < -0.39 is 12.0 Å². The molecule has 126 valence electrons. The highest BCUT2D eigenvalue weighted by Gasteiger charge is 2.21. The third-order valence-electron chi connectivity index (χ3n) is 3.83. The van der Waals surface area contributed by atoms with Crippen molar-refractivity contribution in [2.75, 3.05) is 0 Å². The summed E-state index contributed by atoms with van der Waals surface area (Å²) < 4.78 is 27.7. The first kappa shape index (κ1) is 16.0. The summed E-state index contributed by atoms with van der Waals surface area (Å²) in [6, 6.07) is 9.10. The predicted molar refractivity (Wildman–Crippen MR) is 94.8 cm³/mol. The van der Waals surface area contributed by atoms with Gasteiger partial charge in [0, 0.05) is 27.6 Å². The van der Waals surface area contributed by atoms with Crippen LogP contribution < -0.4 is 5.56 Å². The summed E-state index contributed by atoms with van der Waals surface area (Å²) in [7, 11) is 0. The second-order valence-corrected chi connectivity index (χ2v) is 6.79. The van der Waals surface area contributed by atoms with Crippen molar-refractivity contribution in [2.45, 2.75) is 6.43 Å². The van der Waals surface area contributed by atoms with Crippen LogP contribution in [0.1, 0.15) is 12.0 Å². The summed E-state index contributed by atoms with van der Waals surface area (Å²) in [5, 5.41) is 10.5. The summed E-state index contributed by atoms with van der Waals surface area (Å²) in [5.74, 6) is -0.263. The molecule has 0 spiro atoms. The third kappa shape index (κ3) is 2.56. The number of alkyl halides is 2. The van der Waals surface area contributed by atoms with Gasteiger partial charge in [-0.1, -0.05) is 29.8 Å². The lowest BCUT2D eigenvalue weighted by Crippen LogP contribution is -2.02. The van der Waals surface area contributed by atoms with Gasteiger partial charge in [0.1, 0.15) is 10.6 Å². The number of nitrogens with zero attached hydrogens (tertiary/aromatic N) is 1. The molecule has 0 bridgehead atoms. The normalized spacial score (nSPS) is 11.7. The highest BCUT2D eigenvalue weighted by Crippen LogP contribution is 2.42.